The molecule has 0 aliphatic heterocycles. The lowest BCUT2D eigenvalue weighted by molar-refractivity contribution is 0.239. The van der Waals surface area contributed by atoms with Crippen molar-refractivity contribution in [3.05, 3.63) is 75.2 Å². The summed E-state index contributed by atoms with van der Waals surface area (Å²) in [4.78, 5) is 5.82. The molecule has 0 unspecified atom stereocenters. The molecule has 2 aromatic rings. The molecule has 132 valence electrons. The summed E-state index contributed by atoms with van der Waals surface area (Å²) in [5.41, 5.74) is 8.62. The van der Waals surface area contributed by atoms with E-state index in [4.69, 9.17) is 23.0 Å². The van der Waals surface area contributed by atoms with E-state index >= 15 is 0 Å². The number of aryl methyl sites for hydroxylation is 5. The van der Waals surface area contributed by atoms with Crippen molar-refractivity contribution in [2.24, 2.45) is 5.90 Å². The van der Waals surface area contributed by atoms with E-state index in [1.54, 1.807) is 0 Å². The second-order valence-corrected chi connectivity index (χ2v) is 6.97. The zero-order chi connectivity index (χ0) is 18.7. The van der Waals surface area contributed by atoms with Gasteiger partial charge in [0.05, 0.1) is 10.6 Å². The Morgan fingerprint density at radius 3 is 1.96 bits per heavy atom. The van der Waals surface area contributed by atoms with Crippen LogP contribution in [0, 0.1) is 34.6 Å². The maximum atomic E-state index is 5.71. The monoisotopic (exact) mass is 354 g/mol. The molecular formula is C21H26N2OS. The fourth-order valence-corrected chi connectivity index (χ4v) is 3.74. The first-order valence-corrected chi connectivity index (χ1v) is 8.70. The third kappa shape index (κ3) is 4.09. The highest BCUT2D eigenvalue weighted by Crippen LogP contribution is 2.25. The van der Waals surface area contributed by atoms with Crippen LogP contribution in [-0.4, -0.2) is 4.86 Å². The number of allylic oxidation sites excluding steroid dienone is 2. The topological polar surface area (TPSA) is 47.3 Å². The molecule has 0 fully saturated rings. The van der Waals surface area contributed by atoms with E-state index in [1.807, 2.05) is 13.0 Å². The Hall–Kier alpha value is -2.17. The third-order valence-corrected chi connectivity index (χ3v) is 4.75. The van der Waals surface area contributed by atoms with Crippen LogP contribution in [0.4, 0.5) is 5.69 Å². The molecule has 0 amide bonds. The summed E-state index contributed by atoms with van der Waals surface area (Å²) in [7, 11) is 0. The van der Waals surface area contributed by atoms with Crippen molar-refractivity contribution in [2.45, 2.75) is 41.5 Å². The van der Waals surface area contributed by atoms with Gasteiger partial charge in [0.1, 0.15) is 0 Å². The second kappa shape index (κ2) is 7.81. The fraction of sp³-hybridized carbons (Fsp3) is 0.286. The Labute approximate surface area is 155 Å². The zero-order valence-corrected chi connectivity index (χ0v) is 16.6. The van der Waals surface area contributed by atoms with Gasteiger partial charge in [0.2, 0.25) is 0 Å². The lowest BCUT2D eigenvalue weighted by Gasteiger charge is -2.18. The van der Waals surface area contributed by atoms with Crippen LogP contribution < -0.4 is 11.2 Å². The number of anilines is 1. The average molecular weight is 355 g/mol. The fourth-order valence-electron chi connectivity index (χ4n) is 3.22. The first kappa shape index (κ1) is 19.2. The molecule has 0 heterocycles. The van der Waals surface area contributed by atoms with Gasteiger partial charge in [0.25, 0.3) is 0 Å². The van der Waals surface area contributed by atoms with Gasteiger partial charge in [-0.3, -0.25) is 0 Å². The lowest BCUT2D eigenvalue weighted by atomic mass is 9.96. The molecule has 25 heavy (non-hydrogen) atoms. The van der Waals surface area contributed by atoms with Crippen LogP contribution in [0.1, 0.15) is 40.3 Å². The van der Waals surface area contributed by atoms with Gasteiger partial charge in [-0.25, -0.2) is 0 Å². The molecule has 0 saturated carbocycles. The van der Waals surface area contributed by atoms with Gasteiger partial charge < -0.3 is 10.2 Å². The van der Waals surface area contributed by atoms with E-state index in [-0.39, 0.29) is 0 Å². The Morgan fingerprint density at radius 1 is 0.960 bits per heavy atom. The predicted molar refractivity (Wildman–Crippen MR) is 110 cm³/mol. The van der Waals surface area contributed by atoms with E-state index in [0.717, 1.165) is 39.2 Å². The van der Waals surface area contributed by atoms with Crippen molar-refractivity contribution in [1.82, 2.24) is 0 Å². The summed E-state index contributed by atoms with van der Waals surface area (Å²) in [6, 6.07) is 10.4. The molecule has 4 heteroatoms. The van der Waals surface area contributed by atoms with Crippen LogP contribution in [0.15, 0.2) is 41.8 Å². The minimum Gasteiger partial charge on any atom is -0.408 e. The zero-order valence-electron chi connectivity index (χ0n) is 15.8. The minimum absolute atomic E-state index is 0.493. The molecule has 0 radical (unpaired) electrons. The molecule has 3 nitrogen and oxygen atoms in total. The van der Waals surface area contributed by atoms with Crippen molar-refractivity contribution in [2.75, 3.05) is 5.32 Å². The van der Waals surface area contributed by atoms with E-state index in [0.29, 0.717) is 10.6 Å². The van der Waals surface area contributed by atoms with Crippen molar-refractivity contribution >= 4 is 22.8 Å². The second-order valence-electron chi connectivity index (χ2n) is 6.57. The summed E-state index contributed by atoms with van der Waals surface area (Å²) in [6.45, 7) is 12.3. The Kier molecular flexibility index (Phi) is 5.98. The van der Waals surface area contributed by atoms with Crippen LogP contribution in [0.3, 0.4) is 0 Å². The van der Waals surface area contributed by atoms with Crippen LogP contribution in [0.5, 0.6) is 0 Å². The van der Waals surface area contributed by atoms with Crippen molar-refractivity contribution in [3.8, 4) is 0 Å². The largest absolute Gasteiger partial charge is 0.408 e. The smallest absolute Gasteiger partial charge is 0.184 e. The van der Waals surface area contributed by atoms with Crippen LogP contribution in [0.25, 0.3) is 0 Å². The molecule has 0 atom stereocenters. The lowest BCUT2D eigenvalue weighted by Crippen LogP contribution is -2.17. The average Bonchev–Trinajstić information content (AvgIpc) is 2.50. The van der Waals surface area contributed by atoms with Gasteiger partial charge in [-0.1, -0.05) is 48.1 Å². The van der Waals surface area contributed by atoms with Crippen molar-refractivity contribution in [3.63, 3.8) is 0 Å². The summed E-state index contributed by atoms with van der Waals surface area (Å²) in [5.74, 6) is 6.08. The number of rotatable bonds is 5. The molecule has 2 rings (SSSR count). The van der Waals surface area contributed by atoms with Crippen LogP contribution >= 0.6 is 12.2 Å². The number of thiocarbonyl (C=S) groups is 1. The van der Waals surface area contributed by atoms with E-state index in [1.165, 1.54) is 5.56 Å². The summed E-state index contributed by atoms with van der Waals surface area (Å²) < 4.78 is 0. The predicted octanol–water partition coefficient (Wildman–Crippen LogP) is 5.18. The van der Waals surface area contributed by atoms with E-state index < -0.39 is 0 Å². The van der Waals surface area contributed by atoms with Gasteiger partial charge in [-0.05, 0) is 63.8 Å². The molecule has 0 spiro atoms. The first-order chi connectivity index (χ1) is 11.8. The molecule has 0 aliphatic carbocycles. The number of nitrogens with two attached hydrogens (primary N) is 1. The molecule has 0 bridgehead atoms. The maximum absolute atomic E-state index is 5.71. The molecule has 0 saturated heterocycles. The molecule has 2 aromatic carbocycles. The van der Waals surface area contributed by atoms with E-state index in [2.05, 4.69) is 64.2 Å². The van der Waals surface area contributed by atoms with Gasteiger partial charge >= 0.3 is 0 Å². The molecule has 0 aliphatic rings. The quantitative estimate of drug-likeness (QED) is 0.255. The van der Waals surface area contributed by atoms with Gasteiger partial charge in [0, 0.05) is 11.3 Å². The third-order valence-electron chi connectivity index (χ3n) is 4.36. The normalized spacial score (nSPS) is 11.8. The minimum atomic E-state index is 0.493. The first-order valence-electron chi connectivity index (χ1n) is 8.29. The highest BCUT2D eigenvalue weighted by atomic mass is 32.1. The highest BCUT2D eigenvalue weighted by molar-refractivity contribution is 7.81. The summed E-state index contributed by atoms with van der Waals surface area (Å²) >= 11 is 5.71. The molecule has 3 N–H and O–H groups in total. The van der Waals surface area contributed by atoms with Gasteiger partial charge in [0.15, 0.2) is 5.76 Å². The van der Waals surface area contributed by atoms with E-state index in [9.17, 15) is 0 Å². The Morgan fingerprint density at radius 2 is 1.48 bits per heavy atom. The molecular weight excluding hydrogens is 328 g/mol. The number of hydrogen-bond acceptors (Lipinski definition) is 4. The number of nitrogens with one attached hydrogen (secondary N) is 1. The number of para-hydroxylation sites is 1. The van der Waals surface area contributed by atoms with Gasteiger partial charge in [-0.15, -0.1) is 0 Å². The van der Waals surface area contributed by atoms with Crippen molar-refractivity contribution in [1.29, 1.82) is 0 Å². The summed E-state index contributed by atoms with van der Waals surface area (Å²) in [6.07, 6.45) is 0. The molecule has 0 aromatic heterocycles. The van der Waals surface area contributed by atoms with Gasteiger partial charge in [-0.2, -0.15) is 5.90 Å². The van der Waals surface area contributed by atoms with Crippen molar-refractivity contribution < 1.29 is 4.84 Å². The van der Waals surface area contributed by atoms with Crippen LogP contribution in [0.2, 0.25) is 0 Å². The van der Waals surface area contributed by atoms with Crippen LogP contribution in [-0.2, 0) is 4.84 Å². The summed E-state index contributed by atoms with van der Waals surface area (Å²) in [5, 5.41) is 3.42. The number of benzene rings is 2. The standard InChI is InChI=1S/C21H26N2OS/c1-12-10-15(4)18(16(5)11-12)21(25)20(24-22)17(6)23-19-13(2)8-7-9-14(19)3/h7-11,23H,22H2,1-6H3/b20-17+. The SMILES string of the molecule is C/C(Nc1c(C)cccc1C)=C(\ON)C(=S)c1c(C)cc(C)cc1C. The Balaban J connectivity index is 2.47. The maximum Gasteiger partial charge on any atom is 0.184 e. The Bertz CT molecular complexity index is 810. The number of hydrogen-bond donors (Lipinski definition) is 2. The highest BCUT2D eigenvalue weighted by Gasteiger charge is 2.18.